The highest BCUT2D eigenvalue weighted by atomic mass is 32.2. The first-order valence-corrected chi connectivity index (χ1v) is 8.73. The van der Waals surface area contributed by atoms with Gasteiger partial charge in [0.2, 0.25) is 0 Å². The highest BCUT2D eigenvalue weighted by Crippen LogP contribution is 2.25. The summed E-state index contributed by atoms with van der Waals surface area (Å²) in [5, 5.41) is 2.12. The number of fused-ring (bicyclic) bond motifs is 1. The van der Waals surface area contributed by atoms with E-state index in [1.807, 2.05) is 19.9 Å². The second-order valence-electron chi connectivity index (χ2n) is 5.76. The molecule has 0 fully saturated rings. The second-order valence-corrected chi connectivity index (χ2v) is 7.30. The summed E-state index contributed by atoms with van der Waals surface area (Å²) >= 11 is 0. The molecule has 1 aliphatic heterocycles. The summed E-state index contributed by atoms with van der Waals surface area (Å²) in [6, 6.07) is 10.5. The molecule has 0 spiro atoms. The first-order chi connectivity index (χ1) is 11.3. The number of carbonyl (C=O) groups excluding carboxylic acids is 2. The number of carbonyl (C=O) groups is 2. The standard InChI is InChI=1S/C17H15NO5S/c1-10(2)11-4-3-5-12(8-11)23-24(21,22)13-6-7-14-15(9-13)17(20)18-16(14)19/h3-10H,1-2H3,(H,18,19,20). The normalized spacial score (nSPS) is 13.8. The van der Waals surface area contributed by atoms with E-state index >= 15 is 0 Å². The van der Waals surface area contributed by atoms with Crippen LogP contribution < -0.4 is 9.50 Å². The third kappa shape index (κ3) is 2.90. The lowest BCUT2D eigenvalue weighted by atomic mass is 10.0. The van der Waals surface area contributed by atoms with E-state index in [0.29, 0.717) is 0 Å². The van der Waals surface area contributed by atoms with Crippen molar-refractivity contribution in [1.29, 1.82) is 0 Å². The first-order valence-electron chi connectivity index (χ1n) is 7.32. The van der Waals surface area contributed by atoms with Crippen LogP contribution in [-0.4, -0.2) is 20.2 Å². The highest BCUT2D eigenvalue weighted by Gasteiger charge is 2.29. The van der Waals surface area contributed by atoms with Crippen LogP contribution in [0, 0.1) is 0 Å². The number of benzene rings is 2. The molecule has 0 radical (unpaired) electrons. The fourth-order valence-corrected chi connectivity index (χ4v) is 3.35. The maximum atomic E-state index is 12.4. The molecule has 124 valence electrons. The maximum absolute atomic E-state index is 12.4. The van der Waals surface area contributed by atoms with Crippen LogP contribution in [0.2, 0.25) is 0 Å². The Hall–Kier alpha value is -2.67. The molecule has 0 bridgehead atoms. The van der Waals surface area contributed by atoms with E-state index in [1.165, 1.54) is 12.1 Å². The summed E-state index contributed by atoms with van der Waals surface area (Å²) in [6.07, 6.45) is 0. The molecule has 2 aromatic rings. The minimum atomic E-state index is -4.11. The number of amides is 2. The number of imide groups is 1. The van der Waals surface area contributed by atoms with Crippen LogP contribution in [0.4, 0.5) is 0 Å². The van der Waals surface area contributed by atoms with Crippen LogP contribution in [0.3, 0.4) is 0 Å². The van der Waals surface area contributed by atoms with Crippen LogP contribution in [0.25, 0.3) is 0 Å². The Morgan fingerprint density at radius 3 is 2.38 bits per heavy atom. The zero-order valence-corrected chi connectivity index (χ0v) is 13.9. The van der Waals surface area contributed by atoms with Gasteiger partial charge in [0.1, 0.15) is 10.6 Å². The number of nitrogens with one attached hydrogen (secondary N) is 1. The molecule has 6 nitrogen and oxygen atoms in total. The molecule has 1 heterocycles. The van der Waals surface area contributed by atoms with E-state index in [-0.39, 0.29) is 27.7 Å². The molecule has 24 heavy (non-hydrogen) atoms. The predicted molar refractivity (Wildman–Crippen MR) is 86.6 cm³/mol. The van der Waals surface area contributed by atoms with Crippen LogP contribution >= 0.6 is 0 Å². The quantitative estimate of drug-likeness (QED) is 0.679. The summed E-state index contributed by atoms with van der Waals surface area (Å²) in [4.78, 5) is 23.0. The predicted octanol–water partition coefficient (Wildman–Crippen LogP) is 2.46. The smallest absolute Gasteiger partial charge is 0.339 e. The third-order valence-corrected chi connectivity index (χ3v) is 4.97. The molecular weight excluding hydrogens is 330 g/mol. The van der Waals surface area contributed by atoms with Crippen molar-refractivity contribution >= 4 is 21.9 Å². The molecule has 7 heteroatoms. The van der Waals surface area contributed by atoms with Gasteiger partial charge in [0.25, 0.3) is 11.8 Å². The van der Waals surface area contributed by atoms with E-state index in [9.17, 15) is 18.0 Å². The van der Waals surface area contributed by atoms with Crippen molar-refractivity contribution in [3.05, 3.63) is 59.2 Å². The van der Waals surface area contributed by atoms with Crippen molar-refractivity contribution in [2.45, 2.75) is 24.7 Å². The Labute approximate surface area is 139 Å². The van der Waals surface area contributed by atoms with Crippen LogP contribution in [0.5, 0.6) is 5.75 Å². The summed E-state index contributed by atoms with van der Waals surface area (Å²) in [6.45, 7) is 3.98. The molecule has 0 unspecified atom stereocenters. The minimum absolute atomic E-state index is 0.0283. The summed E-state index contributed by atoms with van der Waals surface area (Å²) < 4.78 is 30.0. The van der Waals surface area contributed by atoms with Crippen molar-refractivity contribution in [3.63, 3.8) is 0 Å². The topological polar surface area (TPSA) is 89.5 Å². The van der Waals surface area contributed by atoms with Crippen LogP contribution in [-0.2, 0) is 10.1 Å². The van der Waals surface area contributed by atoms with Crippen molar-refractivity contribution in [3.8, 4) is 5.75 Å². The Morgan fingerprint density at radius 1 is 0.958 bits per heavy atom. The zero-order valence-electron chi connectivity index (χ0n) is 13.1. The van der Waals surface area contributed by atoms with E-state index < -0.39 is 21.9 Å². The summed E-state index contributed by atoms with van der Waals surface area (Å²) in [7, 11) is -4.11. The van der Waals surface area contributed by atoms with Crippen LogP contribution in [0.15, 0.2) is 47.4 Å². The Bertz CT molecular complexity index is 947. The van der Waals surface area contributed by atoms with Gasteiger partial charge in [-0.15, -0.1) is 0 Å². The molecule has 1 N–H and O–H groups in total. The molecule has 0 atom stereocenters. The minimum Gasteiger partial charge on any atom is -0.379 e. The Kier molecular flexibility index (Phi) is 3.88. The molecule has 1 aliphatic rings. The SMILES string of the molecule is CC(C)c1cccc(OS(=O)(=O)c2ccc3c(c2)C(=O)NC3=O)c1. The first kappa shape index (κ1) is 16.2. The monoisotopic (exact) mass is 345 g/mol. The Balaban J connectivity index is 1.95. The second kappa shape index (κ2) is 5.76. The van der Waals surface area contributed by atoms with E-state index in [0.717, 1.165) is 11.6 Å². The van der Waals surface area contributed by atoms with Gasteiger partial charge in [-0.05, 0) is 41.8 Å². The fourth-order valence-electron chi connectivity index (χ4n) is 2.40. The average molecular weight is 345 g/mol. The van der Waals surface area contributed by atoms with Crippen molar-refractivity contribution in [1.82, 2.24) is 5.32 Å². The maximum Gasteiger partial charge on any atom is 0.339 e. The van der Waals surface area contributed by atoms with Crippen LogP contribution in [0.1, 0.15) is 46.0 Å². The van der Waals surface area contributed by atoms with E-state index in [2.05, 4.69) is 5.32 Å². The molecule has 2 amide bonds. The Morgan fingerprint density at radius 2 is 1.67 bits per heavy atom. The largest absolute Gasteiger partial charge is 0.379 e. The molecule has 0 aromatic heterocycles. The van der Waals surface area contributed by atoms with Crippen molar-refractivity contribution in [2.24, 2.45) is 0 Å². The van der Waals surface area contributed by atoms with Crippen molar-refractivity contribution in [2.75, 3.05) is 0 Å². The van der Waals surface area contributed by atoms with E-state index in [1.54, 1.807) is 18.2 Å². The lowest BCUT2D eigenvalue weighted by molar-refractivity contribution is 0.0879. The van der Waals surface area contributed by atoms with Gasteiger partial charge in [-0.3, -0.25) is 14.9 Å². The van der Waals surface area contributed by atoms with Gasteiger partial charge in [-0.2, -0.15) is 8.42 Å². The van der Waals surface area contributed by atoms with Gasteiger partial charge < -0.3 is 4.18 Å². The number of hydrogen-bond donors (Lipinski definition) is 1. The molecule has 3 rings (SSSR count). The van der Waals surface area contributed by atoms with Crippen molar-refractivity contribution < 1.29 is 22.2 Å². The van der Waals surface area contributed by atoms with Gasteiger partial charge in [0.15, 0.2) is 0 Å². The van der Waals surface area contributed by atoms with Gasteiger partial charge in [-0.25, -0.2) is 0 Å². The van der Waals surface area contributed by atoms with Gasteiger partial charge in [0.05, 0.1) is 11.1 Å². The van der Waals surface area contributed by atoms with Gasteiger partial charge >= 0.3 is 10.1 Å². The third-order valence-electron chi connectivity index (χ3n) is 3.73. The summed E-state index contributed by atoms with van der Waals surface area (Å²) in [5.74, 6) is -0.730. The highest BCUT2D eigenvalue weighted by molar-refractivity contribution is 7.87. The molecule has 0 saturated heterocycles. The summed E-state index contributed by atoms with van der Waals surface area (Å²) in [5.41, 5.74) is 1.13. The van der Waals surface area contributed by atoms with E-state index in [4.69, 9.17) is 4.18 Å². The number of hydrogen-bond acceptors (Lipinski definition) is 5. The number of rotatable bonds is 4. The lowest BCUT2D eigenvalue weighted by Gasteiger charge is -2.10. The molecule has 0 aliphatic carbocycles. The molecular formula is C17H15NO5S. The average Bonchev–Trinajstić information content (AvgIpc) is 2.81. The van der Waals surface area contributed by atoms with Gasteiger partial charge in [0, 0.05) is 0 Å². The lowest BCUT2D eigenvalue weighted by Crippen LogP contribution is -2.19. The van der Waals surface area contributed by atoms with Gasteiger partial charge in [-0.1, -0.05) is 26.0 Å². The zero-order chi connectivity index (χ0) is 17.5. The molecule has 0 saturated carbocycles. The molecule has 2 aromatic carbocycles. The fraction of sp³-hybridized carbons (Fsp3) is 0.176.